The molecule has 0 radical (unpaired) electrons. The van der Waals surface area contributed by atoms with Crippen molar-refractivity contribution < 1.29 is 109 Å². The molecule has 8 nitrogen and oxygen atoms in total. The van der Waals surface area contributed by atoms with Crippen LogP contribution in [-0.2, 0) is 43.2 Å². The van der Waals surface area contributed by atoms with E-state index in [0.717, 1.165) is 0 Å². The average Bonchev–Trinajstić information content (AvgIpc) is 1.12. The van der Waals surface area contributed by atoms with E-state index in [4.69, 9.17) is 35.0 Å². The van der Waals surface area contributed by atoms with E-state index in [0.29, 0.717) is 0 Å². The largest absolute Gasteiger partial charge is 1.00 e. The van der Waals surface area contributed by atoms with Crippen molar-refractivity contribution in [2.24, 2.45) is 0 Å². The minimum Gasteiger partial charge on any atom is -0.759 e. The first-order valence-electron chi connectivity index (χ1n) is 1.37. The maximum Gasteiger partial charge on any atom is 1.00 e. The van der Waals surface area contributed by atoms with Crippen molar-refractivity contribution in [3.63, 3.8) is 0 Å². The maximum atomic E-state index is 8.74. The van der Waals surface area contributed by atoms with Gasteiger partial charge in [-0.15, -0.1) is 0 Å². The SMILES string of the molecule is O=S(=O)(O)O.O=S(=O)([O-])[O-].[Ag+].[K+]. The third kappa shape index (κ3) is 334. The van der Waals surface area contributed by atoms with Gasteiger partial charge in [0.25, 0.3) is 0 Å². The van der Waals surface area contributed by atoms with Gasteiger partial charge in [0.1, 0.15) is 0 Å². The summed E-state index contributed by atoms with van der Waals surface area (Å²) in [7, 11) is -9.83. The Morgan fingerprint density at radius 1 is 0.917 bits per heavy atom. The Bertz CT molecular complexity index is 213. The van der Waals surface area contributed by atoms with Gasteiger partial charge in [-0.05, 0) is 0 Å². The summed E-state index contributed by atoms with van der Waals surface area (Å²) in [5.74, 6) is 0. The molecule has 74 valence electrons. The zero-order valence-electron chi connectivity index (χ0n) is 5.46. The summed E-state index contributed by atoms with van der Waals surface area (Å²) >= 11 is 0. The molecule has 0 spiro atoms. The third-order valence-corrected chi connectivity index (χ3v) is 0. The van der Waals surface area contributed by atoms with E-state index in [1.807, 2.05) is 0 Å². The quantitative estimate of drug-likeness (QED) is 0.252. The minimum absolute atomic E-state index is 0. The van der Waals surface area contributed by atoms with Crippen LogP contribution in [0.3, 0.4) is 0 Å². The summed E-state index contributed by atoms with van der Waals surface area (Å²) in [5.41, 5.74) is 0. The van der Waals surface area contributed by atoms with Gasteiger partial charge in [0.2, 0.25) is 0 Å². The number of hydrogen-bond donors (Lipinski definition) is 2. The van der Waals surface area contributed by atoms with Crippen molar-refractivity contribution in [1.29, 1.82) is 0 Å². The summed E-state index contributed by atoms with van der Waals surface area (Å²) < 4.78 is 65.7. The molecule has 0 saturated carbocycles. The van der Waals surface area contributed by atoms with Crippen LogP contribution in [0, 0.1) is 0 Å². The minimum atomic E-state index is -5.17. The average molecular weight is 341 g/mol. The molecular weight excluding hydrogens is 339 g/mol. The molecule has 0 saturated heterocycles. The maximum absolute atomic E-state index is 8.74. The molecule has 0 aliphatic rings. The molecular formula is H2AgKO8S2. The Hall–Kier alpha value is 2.12. The topological polar surface area (TPSA) is 155 Å². The predicted octanol–water partition coefficient (Wildman–Crippen LogP) is -4.99. The van der Waals surface area contributed by atoms with Crippen molar-refractivity contribution in [2.75, 3.05) is 0 Å². The van der Waals surface area contributed by atoms with Gasteiger partial charge in [0.05, 0.1) is 0 Å². The molecule has 0 aromatic rings. The molecule has 0 rings (SSSR count). The van der Waals surface area contributed by atoms with Crippen LogP contribution in [0.4, 0.5) is 0 Å². The fourth-order valence-electron chi connectivity index (χ4n) is 0. The second-order valence-corrected chi connectivity index (χ2v) is 2.57. The monoisotopic (exact) mass is 340 g/mol. The molecule has 0 fully saturated rings. The molecule has 2 N–H and O–H groups in total. The normalized spacial score (nSPS) is 9.67. The van der Waals surface area contributed by atoms with E-state index < -0.39 is 20.8 Å². The Kier molecular flexibility index (Phi) is 19.1. The molecule has 0 aromatic heterocycles. The zero-order valence-corrected chi connectivity index (χ0v) is 11.7. The molecule has 0 amide bonds. The Labute approximate surface area is 127 Å². The molecule has 0 unspecified atom stereocenters. The van der Waals surface area contributed by atoms with Crippen LogP contribution >= 0.6 is 0 Å². The van der Waals surface area contributed by atoms with Gasteiger partial charge < -0.3 is 9.11 Å². The van der Waals surface area contributed by atoms with Gasteiger partial charge in [-0.25, -0.2) is 0 Å². The van der Waals surface area contributed by atoms with Crippen molar-refractivity contribution in [2.45, 2.75) is 0 Å². The first-order chi connectivity index (χ1) is 4.00. The van der Waals surface area contributed by atoms with Crippen LogP contribution in [0.15, 0.2) is 0 Å². The van der Waals surface area contributed by atoms with E-state index in [9.17, 15) is 0 Å². The molecule has 0 aliphatic carbocycles. The molecule has 12 heavy (non-hydrogen) atoms. The van der Waals surface area contributed by atoms with Gasteiger partial charge in [-0.2, -0.15) is 8.42 Å². The van der Waals surface area contributed by atoms with E-state index in [1.165, 1.54) is 0 Å². The summed E-state index contributed by atoms with van der Waals surface area (Å²) in [5, 5.41) is 0. The van der Waals surface area contributed by atoms with Crippen LogP contribution < -0.4 is 51.4 Å². The second-order valence-electron chi connectivity index (χ2n) is 0.856. The first kappa shape index (κ1) is 23.7. The Balaban J connectivity index is -0.0000000457. The van der Waals surface area contributed by atoms with Gasteiger partial charge in [-0.3, -0.25) is 17.5 Å². The second kappa shape index (κ2) is 9.66. The molecule has 0 aliphatic heterocycles. The van der Waals surface area contributed by atoms with Crippen LogP contribution in [-0.4, -0.2) is 35.0 Å². The first-order valence-corrected chi connectivity index (χ1v) is 4.10. The van der Waals surface area contributed by atoms with E-state index in [-0.39, 0.29) is 73.8 Å². The molecule has 0 atom stereocenters. The van der Waals surface area contributed by atoms with Crippen LogP contribution in [0.2, 0.25) is 0 Å². The van der Waals surface area contributed by atoms with Crippen molar-refractivity contribution >= 4 is 20.8 Å². The summed E-state index contributed by atoms with van der Waals surface area (Å²) in [6.45, 7) is 0. The molecule has 0 bridgehead atoms. The third-order valence-electron chi connectivity index (χ3n) is 0. The molecule has 0 aromatic carbocycles. The standard InChI is InChI=1S/Ag.K.2H2O4S/c;;2*1-5(2,3)4/h;;2*(H2,1,2,3,4)/q2*+1;;/p-2. The van der Waals surface area contributed by atoms with Crippen molar-refractivity contribution in [3.8, 4) is 0 Å². The van der Waals surface area contributed by atoms with E-state index >= 15 is 0 Å². The summed E-state index contributed by atoms with van der Waals surface area (Å²) in [6.07, 6.45) is 0. The van der Waals surface area contributed by atoms with Gasteiger partial charge in [0.15, 0.2) is 0 Å². The van der Waals surface area contributed by atoms with Crippen LogP contribution in [0.1, 0.15) is 0 Å². The van der Waals surface area contributed by atoms with Crippen molar-refractivity contribution in [3.05, 3.63) is 0 Å². The van der Waals surface area contributed by atoms with Crippen molar-refractivity contribution in [1.82, 2.24) is 0 Å². The Morgan fingerprint density at radius 2 is 0.917 bits per heavy atom. The number of hydrogen-bond acceptors (Lipinski definition) is 6. The van der Waals surface area contributed by atoms with Crippen LogP contribution in [0.25, 0.3) is 0 Å². The fourth-order valence-corrected chi connectivity index (χ4v) is 0. The van der Waals surface area contributed by atoms with E-state index in [1.54, 1.807) is 0 Å². The molecule has 12 heteroatoms. The van der Waals surface area contributed by atoms with Gasteiger partial charge in [0, 0.05) is 10.4 Å². The smallest absolute Gasteiger partial charge is 0.759 e. The van der Waals surface area contributed by atoms with Gasteiger partial charge >= 0.3 is 84.2 Å². The summed E-state index contributed by atoms with van der Waals surface area (Å²) in [4.78, 5) is 0. The number of rotatable bonds is 0. The summed E-state index contributed by atoms with van der Waals surface area (Å²) in [6, 6.07) is 0. The Morgan fingerprint density at radius 3 is 0.917 bits per heavy atom. The van der Waals surface area contributed by atoms with E-state index in [2.05, 4.69) is 0 Å². The van der Waals surface area contributed by atoms with Gasteiger partial charge in [-0.1, -0.05) is 0 Å². The van der Waals surface area contributed by atoms with Crippen LogP contribution in [0.5, 0.6) is 0 Å². The fraction of sp³-hybridized carbons (Fsp3) is 0. The predicted molar refractivity (Wildman–Crippen MR) is 24.7 cm³/mol. The zero-order chi connectivity index (χ0) is 9.00. The molecule has 0 heterocycles.